The van der Waals surface area contributed by atoms with Gasteiger partial charge in [0, 0.05) is 5.92 Å². The van der Waals surface area contributed by atoms with Gasteiger partial charge in [0.25, 0.3) is 0 Å². The third-order valence-electron chi connectivity index (χ3n) is 6.85. The quantitative estimate of drug-likeness (QED) is 0.207. The number of hydrogen-bond acceptors (Lipinski definition) is 0. The molecule has 0 aliphatic carbocycles. The minimum atomic E-state index is -0.181. The van der Waals surface area contributed by atoms with Crippen LogP contribution in [-0.2, 0) is 12.8 Å². The molecular weight excluding hydrogens is 427 g/mol. The van der Waals surface area contributed by atoms with Crippen molar-refractivity contribution in [3.05, 3.63) is 161 Å². The van der Waals surface area contributed by atoms with Gasteiger partial charge >= 0.3 is 0 Å². The van der Waals surface area contributed by atoms with E-state index in [1.54, 1.807) is 6.07 Å². The molecule has 0 nitrogen and oxygen atoms in total. The summed E-state index contributed by atoms with van der Waals surface area (Å²) >= 11 is 0. The first-order valence-electron chi connectivity index (χ1n) is 12.4. The van der Waals surface area contributed by atoms with Gasteiger partial charge in [0.1, 0.15) is 5.82 Å². The molecule has 1 heteroatoms. The maximum atomic E-state index is 14.4. The molecule has 5 rings (SSSR count). The van der Waals surface area contributed by atoms with Crippen LogP contribution in [0.1, 0.15) is 41.0 Å². The van der Waals surface area contributed by atoms with E-state index in [-0.39, 0.29) is 11.7 Å². The lowest BCUT2D eigenvalue weighted by Crippen LogP contribution is -2.16. The van der Waals surface area contributed by atoms with Crippen molar-refractivity contribution in [2.24, 2.45) is 0 Å². The van der Waals surface area contributed by atoms with E-state index in [1.807, 2.05) is 6.07 Å². The Balaban J connectivity index is 1.56. The van der Waals surface area contributed by atoms with E-state index in [2.05, 4.69) is 109 Å². The number of rotatable bonds is 9. The zero-order valence-electron chi connectivity index (χ0n) is 19.9. The standard InChI is InChI=1S/C34H30F/c35-30-20-10-19-29(25-30)32(22-9-16-26-12-3-1-4-13-26)34(24-27-14-5-2-6-15-27)33-23-11-18-28-17-7-8-21-31(28)33/h1-8,10-15,17-21,23,25,34H,9,16,22,24H2. The first-order valence-corrected chi connectivity index (χ1v) is 12.4. The molecule has 0 heterocycles. The van der Waals surface area contributed by atoms with E-state index in [0.29, 0.717) is 0 Å². The van der Waals surface area contributed by atoms with Crippen molar-refractivity contribution in [3.63, 3.8) is 0 Å². The smallest absolute Gasteiger partial charge is 0.123 e. The van der Waals surface area contributed by atoms with E-state index >= 15 is 0 Å². The predicted molar refractivity (Wildman–Crippen MR) is 145 cm³/mol. The van der Waals surface area contributed by atoms with Crippen molar-refractivity contribution < 1.29 is 4.39 Å². The molecule has 0 spiro atoms. The minimum absolute atomic E-state index is 0.154. The molecule has 5 aromatic carbocycles. The topological polar surface area (TPSA) is 0 Å². The Labute approximate surface area is 208 Å². The maximum absolute atomic E-state index is 14.4. The summed E-state index contributed by atoms with van der Waals surface area (Å²) in [6.45, 7) is 0. The van der Waals surface area contributed by atoms with E-state index < -0.39 is 0 Å². The highest BCUT2D eigenvalue weighted by molar-refractivity contribution is 5.86. The number of benzene rings is 5. The first-order chi connectivity index (χ1) is 17.3. The second kappa shape index (κ2) is 11.1. The highest BCUT2D eigenvalue weighted by Crippen LogP contribution is 2.41. The summed E-state index contributed by atoms with van der Waals surface area (Å²) in [6.07, 6.45) is 3.82. The van der Waals surface area contributed by atoms with Crippen molar-refractivity contribution in [1.82, 2.24) is 0 Å². The monoisotopic (exact) mass is 457 g/mol. The molecule has 173 valence electrons. The van der Waals surface area contributed by atoms with Gasteiger partial charge < -0.3 is 0 Å². The van der Waals surface area contributed by atoms with Gasteiger partial charge in [0.05, 0.1) is 0 Å². The van der Waals surface area contributed by atoms with Crippen LogP contribution in [0.3, 0.4) is 0 Å². The summed E-state index contributed by atoms with van der Waals surface area (Å²) < 4.78 is 14.4. The second-order valence-electron chi connectivity index (χ2n) is 9.19. The molecule has 1 radical (unpaired) electrons. The molecule has 0 bridgehead atoms. The van der Waals surface area contributed by atoms with Crippen LogP contribution in [-0.4, -0.2) is 0 Å². The van der Waals surface area contributed by atoms with E-state index in [0.717, 1.165) is 31.2 Å². The Morgan fingerprint density at radius 2 is 1.29 bits per heavy atom. The molecule has 5 aromatic rings. The van der Waals surface area contributed by atoms with Crippen LogP contribution in [0.4, 0.5) is 4.39 Å². The van der Waals surface area contributed by atoms with Gasteiger partial charge in [-0.2, -0.15) is 0 Å². The SMILES string of the molecule is Fc1cccc([C](CCCc2ccccc2)C(Cc2ccccc2)c2cccc3ccccc23)c1. The second-order valence-corrected chi connectivity index (χ2v) is 9.19. The Hall–Kier alpha value is -3.71. The maximum Gasteiger partial charge on any atom is 0.123 e. The number of hydrogen-bond donors (Lipinski definition) is 0. The van der Waals surface area contributed by atoms with Crippen molar-refractivity contribution in [2.75, 3.05) is 0 Å². The lowest BCUT2D eigenvalue weighted by molar-refractivity contribution is 0.610. The van der Waals surface area contributed by atoms with Gasteiger partial charge in [0.2, 0.25) is 0 Å². The first kappa shape index (κ1) is 23.1. The average Bonchev–Trinajstić information content (AvgIpc) is 2.91. The van der Waals surface area contributed by atoms with Gasteiger partial charge in [-0.25, -0.2) is 4.39 Å². The number of aryl methyl sites for hydroxylation is 1. The van der Waals surface area contributed by atoms with Crippen molar-refractivity contribution in [1.29, 1.82) is 0 Å². The van der Waals surface area contributed by atoms with Crippen LogP contribution < -0.4 is 0 Å². The largest absolute Gasteiger partial charge is 0.207 e. The fourth-order valence-corrected chi connectivity index (χ4v) is 5.16. The Morgan fingerprint density at radius 1 is 0.629 bits per heavy atom. The van der Waals surface area contributed by atoms with E-state index in [4.69, 9.17) is 0 Å². The molecule has 0 saturated carbocycles. The van der Waals surface area contributed by atoms with Crippen molar-refractivity contribution >= 4 is 10.8 Å². The molecule has 0 amide bonds. The summed E-state index contributed by atoms with van der Waals surface area (Å²) in [6, 6.07) is 43.6. The van der Waals surface area contributed by atoms with Gasteiger partial charge in [-0.05, 0) is 76.8 Å². The Bertz CT molecular complexity index is 1350. The molecule has 0 aromatic heterocycles. The molecule has 35 heavy (non-hydrogen) atoms. The molecule has 0 fully saturated rings. The zero-order valence-corrected chi connectivity index (χ0v) is 19.9. The predicted octanol–water partition coefficient (Wildman–Crippen LogP) is 8.95. The van der Waals surface area contributed by atoms with Gasteiger partial charge in [-0.3, -0.25) is 0 Å². The zero-order chi connectivity index (χ0) is 23.9. The molecule has 0 aliphatic heterocycles. The van der Waals surface area contributed by atoms with Crippen LogP contribution in [0.5, 0.6) is 0 Å². The van der Waals surface area contributed by atoms with Gasteiger partial charge in [-0.15, -0.1) is 0 Å². The number of fused-ring (bicyclic) bond motifs is 1. The Morgan fingerprint density at radius 3 is 2.06 bits per heavy atom. The van der Waals surface area contributed by atoms with Gasteiger partial charge in [0.15, 0.2) is 0 Å². The molecular formula is C34H30F. The molecule has 0 N–H and O–H groups in total. The summed E-state index contributed by atoms with van der Waals surface area (Å²) in [5, 5.41) is 2.51. The van der Waals surface area contributed by atoms with Crippen LogP contribution in [0.2, 0.25) is 0 Å². The molecule has 0 saturated heterocycles. The van der Waals surface area contributed by atoms with E-state index in [1.165, 1.54) is 39.4 Å². The van der Waals surface area contributed by atoms with Crippen LogP contribution in [0.15, 0.2) is 127 Å². The normalized spacial score (nSPS) is 12.2. The highest BCUT2D eigenvalue weighted by Gasteiger charge is 2.27. The van der Waals surface area contributed by atoms with E-state index in [9.17, 15) is 4.39 Å². The van der Waals surface area contributed by atoms with Crippen LogP contribution in [0.25, 0.3) is 10.8 Å². The third-order valence-corrected chi connectivity index (χ3v) is 6.85. The Kier molecular flexibility index (Phi) is 7.34. The summed E-state index contributed by atoms with van der Waals surface area (Å²) in [4.78, 5) is 0. The average molecular weight is 458 g/mol. The lowest BCUT2D eigenvalue weighted by Gasteiger charge is -2.29. The van der Waals surface area contributed by atoms with Crippen molar-refractivity contribution in [3.8, 4) is 0 Å². The molecule has 1 unspecified atom stereocenters. The lowest BCUT2D eigenvalue weighted by atomic mass is 9.74. The number of halogens is 1. The van der Waals surface area contributed by atoms with Crippen molar-refractivity contribution in [2.45, 2.75) is 31.6 Å². The summed E-state index contributed by atoms with van der Waals surface area (Å²) in [7, 11) is 0. The summed E-state index contributed by atoms with van der Waals surface area (Å²) in [5.74, 6) is 1.28. The van der Waals surface area contributed by atoms with Gasteiger partial charge in [-0.1, -0.05) is 115 Å². The van der Waals surface area contributed by atoms with Crippen LogP contribution in [0, 0.1) is 11.7 Å². The third kappa shape index (κ3) is 5.69. The molecule has 1 atom stereocenters. The van der Waals surface area contributed by atoms with Crippen LogP contribution >= 0.6 is 0 Å². The fraction of sp³-hybridized carbons (Fsp3) is 0.147. The molecule has 0 aliphatic rings. The fourth-order valence-electron chi connectivity index (χ4n) is 5.16. The summed E-state index contributed by atoms with van der Waals surface area (Å²) in [5.41, 5.74) is 4.95. The minimum Gasteiger partial charge on any atom is -0.207 e. The highest BCUT2D eigenvalue weighted by atomic mass is 19.1.